The molecule has 0 aromatic heterocycles. The lowest BCUT2D eigenvalue weighted by Gasteiger charge is -2.41. The van der Waals surface area contributed by atoms with E-state index in [1.165, 1.54) is 6.07 Å². The second-order valence-electron chi connectivity index (χ2n) is 5.35. The summed E-state index contributed by atoms with van der Waals surface area (Å²) in [5.41, 5.74) is -0.313. The van der Waals surface area contributed by atoms with Gasteiger partial charge in [0.25, 0.3) is 5.91 Å². The molecule has 2 aliphatic rings. The van der Waals surface area contributed by atoms with Gasteiger partial charge in [0.1, 0.15) is 0 Å². The number of aliphatic carboxylic acids is 1. The number of carboxylic acids is 1. The first-order chi connectivity index (χ1) is 9.99. The van der Waals surface area contributed by atoms with E-state index in [1.807, 2.05) is 0 Å². The summed E-state index contributed by atoms with van der Waals surface area (Å²) < 4.78 is 10.4. The van der Waals surface area contributed by atoms with E-state index in [2.05, 4.69) is 5.32 Å². The first-order valence-electron chi connectivity index (χ1n) is 6.63. The molecule has 1 aliphatic carbocycles. The van der Waals surface area contributed by atoms with E-state index in [4.69, 9.17) is 26.2 Å². The minimum Gasteiger partial charge on any atom is -0.481 e. The summed E-state index contributed by atoms with van der Waals surface area (Å²) in [6.45, 7) is 0.0725. The van der Waals surface area contributed by atoms with Gasteiger partial charge >= 0.3 is 5.97 Å². The number of rotatable bonds is 4. The molecule has 0 bridgehead atoms. The molecule has 7 heteroatoms. The zero-order valence-corrected chi connectivity index (χ0v) is 11.9. The monoisotopic (exact) mass is 311 g/mol. The molecule has 0 saturated heterocycles. The lowest BCUT2D eigenvalue weighted by molar-refractivity contribution is -0.139. The molecule has 0 atom stereocenters. The van der Waals surface area contributed by atoms with Gasteiger partial charge in [-0.2, -0.15) is 0 Å². The fourth-order valence-corrected chi connectivity index (χ4v) is 2.92. The van der Waals surface area contributed by atoms with Crippen LogP contribution in [0.1, 0.15) is 36.0 Å². The van der Waals surface area contributed by atoms with Gasteiger partial charge < -0.3 is 19.9 Å². The molecule has 1 aliphatic heterocycles. The Bertz CT molecular complexity index is 612. The largest absolute Gasteiger partial charge is 0.481 e. The highest BCUT2D eigenvalue weighted by Crippen LogP contribution is 2.40. The van der Waals surface area contributed by atoms with Crippen molar-refractivity contribution in [1.82, 2.24) is 5.32 Å². The van der Waals surface area contributed by atoms with E-state index in [0.29, 0.717) is 34.9 Å². The smallest absolute Gasteiger partial charge is 0.305 e. The molecule has 0 spiro atoms. The van der Waals surface area contributed by atoms with Crippen molar-refractivity contribution in [3.05, 3.63) is 22.7 Å². The molecule has 112 valence electrons. The predicted octanol–water partition coefficient (Wildman–Crippen LogP) is 2.20. The van der Waals surface area contributed by atoms with Crippen LogP contribution in [0.4, 0.5) is 0 Å². The van der Waals surface area contributed by atoms with Gasteiger partial charge in [0, 0.05) is 5.56 Å². The number of hydrogen-bond acceptors (Lipinski definition) is 4. The molecule has 1 saturated carbocycles. The van der Waals surface area contributed by atoms with Gasteiger partial charge in [-0.25, -0.2) is 0 Å². The molecule has 1 amide bonds. The number of nitrogens with one attached hydrogen (secondary N) is 1. The highest BCUT2D eigenvalue weighted by Gasteiger charge is 2.40. The van der Waals surface area contributed by atoms with Gasteiger partial charge in [-0.05, 0) is 31.4 Å². The van der Waals surface area contributed by atoms with Crippen LogP contribution >= 0.6 is 11.6 Å². The van der Waals surface area contributed by atoms with Crippen molar-refractivity contribution in [2.75, 3.05) is 6.79 Å². The molecule has 1 heterocycles. The normalized spacial score (nSPS) is 18.0. The number of benzene rings is 1. The molecule has 6 nitrogen and oxygen atoms in total. The van der Waals surface area contributed by atoms with Crippen molar-refractivity contribution < 1.29 is 24.2 Å². The summed E-state index contributed by atoms with van der Waals surface area (Å²) in [4.78, 5) is 23.3. The van der Waals surface area contributed by atoms with Crippen LogP contribution in [0, 0.1) is 0 Å². The van der Waals surface area contributed by atoms with Gasteiger partial charge in [-0.3, -0.25) is 9.59 Å². The summed E-state index contributed by atoms with van der Waals surface area (Å²) >= 11 is 6.04. The third-order valence-electron chi connectivity index (χ3n) is 3.87. The molecule has 2 N–H and O–H groups in total. The summed E-state index contributed by atoms with van der Waals surface area (Å²) in [5, 5.41) is 12.1. The van der Waals surface area contributed by atoms with Crippen LogP contribution in [0.2, 0.25) is 5.02 Å². The zero-order valence-electron chi connectivity index (χ0n) is 11.1. The SMILES string of the molecule is O=C(O)CC1(NC(=O)c2cc(Cl)c3c(c2)OCO3)CCC1. The summed E-state index contributed by atoms with van der Waals surface area (Å²) in [6.07, 6.45) is 2.18. The van der Waals surface area contributed by atoms with Gasteiger partial charge in [0.05, 0.1) is 17.0 Å². The van der Waals surface area contributed by atoms with E-state index < -0.39 is 11.5 Å². The maximum atomic E-state index is 12.3. The third kappa shape index (κ3) is 2.63. The molecule has 0 radical (unpaired) electrons. The van der Waals surface area contributed by atoms with Gasteiger partial charge in [0.15, 0.2) is 11.5 Å². The van der Waals surface area contributed by atoms with Crippen LogP contribution in [-0.4, -0.2) is 29.3 Å². The molecular formula is C14H14ClNO5. The number of carboxylic acid groups (broad SMARTS) is 1. The minimum atomic E-state index is -0.918. The highest BCUT2D eigenvalue weighted by atomic mass is 35.5. The molecule has 1 aromatic carbocycles. The van der Waals surface area contributed by atoms with Gasteiger partial charge in [0.2, 0.25) is 6.79 Å². The number of carbonyl (C=O) groups is 2. The first-order valence-corrected chi connectivity index (χ1v) is 7.00. The second-order valence-corrected chi connectivity index (χ2v) is 5.76. The standard InChI is InChI=1S/C14H14ClNO5/c15-9-4-8(5-10-12(9)21-7-20-10)13(19)16-14(2-1-3-14)6-11(17)18/h4-5H,1-3,6-7H2,(H,16,19)(H,17,18). The Hall–Kier alpha value is -1.95. The maximum Gasteiger partial charge on any atom is 0.305 e. The van der Waals surface area contributed by atoms with Crippen molar-refractivity contribution in [3.8, 4) is 11.5 Å². The lowest BCUT2D eigenvalue weighted by atomic mass is 9.74. The lowest BCUT2D eigenvalue weighted by Crippen LogP contribution is -2.54. The van der Waals surface area contributed by atoms with Crippen LogP contribution in [0.25, 0.3) is 0 Å². The Morgan fingerprint density at radius 3 is 2.71 bits per heavy atom. The summed E-state index contributed by atoms with van der Waals surface area (Å²) in [5.74, 6) is -0.416. The quantitative estimate of drug-likeness (QED) is 0.890. The average Bonchev–Trinajstić information content (AvgIpc) is 2.84. The van der Waals surface area contributed by atoms with Crippen LogP contribution in [0.15, 0.2) is 12.1 Å². The number of amides is 1. The van der Waals surface area contributed by atoms with Crippen LogP contribution < -0.4 is 14.8 Å². The van der Waals surface area contributed by atoms with E-state index in [9.17, 15) is 9.59 Å². The highest BCUT2D eigenvalue weighted by molar-refractivity contribution is 6.32. The van der Waals surface area contributed by atoms with Crippen molar-refractivity contribution in [1.29, 1.82) is 0 Å². The number of carbonyl (C=O) groups excluding carboxylic acids is 1. The molecule has 3 rings (SSSR count). The van der Waals surface area contributed by atoms with E-state index in [0.717, 1.165) is 6.42 Å². The average molecular weight is 312 g/mol. The van der Waals surface area contributed by atoms with E-state index in [1.54, 1.807) is 6.07 Å². The van der Waals surface area contributed by atoms with Crippen molar-refractivity contribution in [3.63, 3.8) is 0 Å². The second kappa shape index (κ2) is 5.11. The Balaban J connectivity index is 1.79. The fourth-order valence-electron chi connectivity index (χ4n) is 2.65. The van der Waals surface area contributed by atoms with Crippen LogP contribution in [-0.2, 0) is 4.79 Å². The summed E-state index contributed by atoms with van der Waals surface area (Å²) in [7, 11) is 0. The first kappa shape index (κ1) is 14.0. The molecule has 1 fully saturated rings. The van der Waals surface area contributed by atoms with Crippen molar-refractivity contribution in [2.24, 2.45) is 0 Å². The molecular weight excluding hydrogens is 298 g/mol. The van der Waals surface area contributed by atoms with Crippen molar-refractivity contribution >= 4 is 23.5 Å². The number of ether oxygens (including phenoxy) is 2. The van der Waals surface area contributed by atoms with E-state index in [-0.39, 0.29) is 19.1 Å². The Kier molecular flexibility index (Phi) is 3.41. The fraction of sp³-hybridized carbons (Fsp3) is 0.429. The Morgan fingerprint density at radius 1 is 1.33 bits per heavy atom. The molecule has 1 aromatic rings. The number of hydrogen-bond donors (Lipinski definition) is 2. The summed E-state index contributed by atoms with van der Waals surface area (Å²) in [6, 6.07) is 3.05. The molecule has 0 unspecified atom stereocenters. The van der Waals surface area contributed by atoms with Crippen molar-refractivity contribution in [2.45, 2.75) is 31.2 Å². The predicted molar refractivity (Wildman–Crippen MR) is 73.9 cm³/mol. The Morgan fingerprint density at radius 2 is 2.10 bits per heavy atom. The maximum absolute atomic E-state index is 12.3. The third-order valence-corrected chi connectivity index (χ3v) is 4.15. The van der Waals surface area contributed by atoms with Crippen LogP contribution in [0.5, 0.6) is 11.5 Å². The van der Waals surface area contributed by atoms with Gasteiger partial charge in [-0.1, -0.05) is 11.6 Å². The minimum absolute atomic E-state index is 0.0724. The van der Waals surface area contributed by atoms with E-state index >= 15 is 0 Å². The van der Waals surface area contributed by atoms with Gasteiger partial charge in [-0.15, -0.1) is 0 Å². The molecule has 21 heavy (non-hydrogen) atoms. The van der Waals surface area contributed by atoms with Crippen LogP contribution in [0.3, 0.4) is 0 Å². The Labute approximate surface area is 126 Å². The zero-order chi connectivity index (χ0) is 15.0. The topological polar surface area (TPSA) is 84.9 Å². The number of halogens is 1. The number of fused-ring (bicyclic) bond motifs is 1.